The van der Waals surface area contributed by atoms with Crippen LogP contribution in [0.2, 0.25) is 0 Å². The van der Waals surface area contributed by atoms with Gasteiger partial charge in [0, 0.05) is 0 Å². The smallest absolute Gasteiger partial charge is 0.209 e. The largest absolute Gasteiger partial charge is 0.298 e. The lowest BCUT2D eigenvalue weighted by atomic mass is 9.92. The van der Waals surface area contributed by atoms with E-state index in [2.05, 4.69) is 0 Å². The van der Waals surface area contributed by atoms with Gasteiger partial charge in [0.2, 0.25) is 11.6 Å². The quantitative estimate of drug-likeness (QED) is 0.315. The molecule has 0 aliphatic heterocycles. The number of hydrogen-bond donors (Lipinski definition) is 0. The Kier molecular flexibility index (Phi) is 2.64. The first-order valence-electron chi connectivity index (χ1n) is 4.53. The molecule has 0 N–H and O–H groups in total. The van der Waals surface area contributed by atoms with Crippen LogP contribution in [0.3, 0.4) is 0 Å². The summed E-state index contributed by atoms with van der Waals surface area (Å²) in [6, 6.07) is 0. The number of hydrogen-bond acceptors (Lipinski definition) is 4. The first kappa shape index (κ1) is 10.8. The monoisotopic (exact) mass is 196 g/mol. The highest BCUT2D eigenvalue weighted by Crippen LogP contribution is 2.20. The molecular formula is C10H12O4. The van der Waals surface area contributed by atoms with Gasteiger partial charge in [-0.25, -0.2) is 0 Å². The van der Waals surface area contributed by atoms with E-state index in [1.165, 1.54) is 20.8 Å². The van der Waals surface area contributed by atoms with Crippen LogP contribution in [0.4, 0.5) is 0 Å². The lowest BCUT2D eigenvalue weighted by molar-refractivity contribution is -0.143. The molecule has 0 spiro atoms. The van der Waals surface area contributed by atoms with E-state index in [0.29, 0.717) is 0 Å². The van der Waals surface area contributed by atoms with Gasteiger partial charge in [0.05, 0.1) is 17.8 Å². The van der Waals surface area contributed by atoms with Crippen molar-refractivity contribution < 1.29 is 19.2 Å². The zero-order valence-electron chi connectivity index (χ0n) is 8.37. The normalized spacial score (nSPS) is 34.6. The summed E-state index contributed by atoms with van der Waals surface area (Å²) in [5.41, 5.74) is 0. The summed E-state index contributed by atoms with van der Waals surface area (Å²) >= 11 is 0. The van der Waals surface area contributed by atoms with Crippen molar-refractivity contribution in [2.75, 3.05) is 0 Å². The lowest BCUT2D eigenvalue weighted by Crippen LogP contribution is -2.28. The minimum absolute atomic E-state index is 0.447. The molecule has 1 fully saturated rings. The molecule has 2 atom stereocenters. The molecule has 4 nitrogen and oxygen atoms in total. The van der Waals surface area contributed by atoms with E-state index in [0.717, 1.165) is 0 Å². The summed E-state index contributed by atoms with van der Waals surface area (Å²) in [7, 11) is 0. The standard InChI is InChI=1S/C10H12O4/c1-4-7(11)5(2)9(13)10(14)6(3)8(4)12/h4-6H,1-3H3. The third-order valence-corrected chi connectivity index (χ3v) is 2.74. The van der Waals surface area contributed by atoms with E-state index in [9.17, 15) is 19.2 Å². The SMILES string of the molecule is CC1C(=O)C(=O)C(C)C(=O)C(C)C1=O. The van der Waals surface area contributed by atoms with E-state index in [4.69, 9.17) is 0 Å². The fourth-order valence-electron chi connectivity index (χ4n) is 1.58. The van der Waals surface area contributed by atoms with Gasteiger partial charge in [-0.2, -0.15) is 0 Å². The summed E-state index contributed by atoms with van der Waals surface area (Å²) in [5.74, 6) is -5.14. The zero-order valence-corrected chi connectivity index (χ0v) is 8.37. The van der Waals surface area contributed by atoms with Crippen LogP contribution in [-0.2, 0) is 19.2 Å². The van der Waals surface area contributed by atoms with Gasteiger partial charge in [0.25, 0.3) is 0 Å². The average Bonchev–Trinajstić information content (AvgIpc) is 2.23. The summed E-state index contributed by atoms with van der Waals surface area (Å²) in [6.07, 6.45) is 0. The molecule has 4 heteroatoms. The minimum Gasteiger partial charge on any atom is -0.298 e. The second kappa shape index (κ2) is 3.44. The predicted octanol–water partition coefficient (Wildman–Crippen LogP) is 0.185. The number of carbonyl (C=O) groups is 4. The van der Waals surface area contributed by atoms with Crippen LogP contribution >= 0.6 is 0 Å². The fourth-order valence-corrected chi connectivity index (χ4v) is 1.58. The van der Waals surface area contributed by atoms with Crippen molar-refractivity contribution >= 4 is 23.1 Å². The highest BCUT2D eigenvalue weighted by Gasteiger charge is 2.43. The molecule has 1 saturated carbocycles. The molecule has 0 aromatic heterocycles. The van der Waals surface area contributed by atoms with Crippen LogP contribution in [0.1, 0.15) is 20.8 Å². The van der Waals surface area contributed by atoms with E-state index in [1.807, 2.05) is 0 Å². The van der Waals surface area contributed by atoms with Crippen LogP contribution in [0.25, 0.3) is 0 Å². The third-order valence-electron chi connectivity index (χ3n) is 2.74. The molecule has 76 valence electrons. The van der Waals surface area contributed by atoms with Crippen molar-refractivity contribution in [3.05, 3.63) is 0 Å². The van der Waals surface area contributed by atoms with Gasteiger partial charge >= 0.3 is 0 Å². The molecular weight excluding hydrogens is 184 g/mol. The molecule has 0 aromatic rings. The third kappa shape index (κ3) is 1.41. The number of Topliss-reactive ketones (excluding diaryl/α,β-unsaturated/α-hetero) is 4. The maximum Gasteiger partial charge on any atom is 0.209 e. The molecule has 0 aromatic carbocycles. The average molecular weight is 196 g/mol. The molecule has 1 rings (SSSR count). The number of ketones is 4. The molecule has 14 heavy (non-hydrogen) atoms. The number of carbonyl (C=O) groups excluding carboxylic acids is 4. The molecule has 0 radical (unpaired) electrons. The molecule has 0 saturated heterocycles. The van der Waals surface area contributed by atoms with E-state index < -0.39 is 40.9 Å². The lowest BCUT2D eigenvalue weighted by Gasteiger charge is -2.08. The van der Waals surface area contributed by atoms with Gasteiger partial charge in [-0.3, -0.25) is 19.2 Å². The molecule has 1 aliphatic rings. The van der Waals surface area contributed by atoms with Crippen LogP contribution < -0.4 is 0 Å². The van der Waals surface area contributed by atoms with Crippen molar-refractivity contribution in [1.29, 1.82) is 0 Å². The van der Waals surface area contributed by atoms with E-state index >= 15 is 0 Å². The Bertz CT molecular complexity index is 297. The van der Waals surface area contributed by atoms with Gasteiger partial charge in [-0.1, -0.05) is 0 Å². The molecule has 1 aliphatic carbocycles. The number of rotatable bonds is 0. The Morgan fingerprint density at radius 1 is 0.643 bits per heavy atom. The van der Waals surface area contributed by atoms with Crippen LogP contribution in [-0.4, -0.2) is 23.1 Å². The second-order valence-corrected chi connectivity index (χ2v) is 3.70. The Labute approximate surface area is 81.7 Å². The van der Waals surface area contributed by atoms with Gasteiger partial charge in [0.15, 0.2) is 11.6 Å². The maximum atomic E-state index is 11.5. The van der Waals surface area contributed by atoms with E-state index in [-0.39, 0.29) is 0 Å². The summed E-state index contributed by atoms with van der Waals surface area (Å²) in [4.78, 5) is 45.6. The van der Waals surface area contributed by atoms with Crippen molar-refractivity contribution in [3.8, 4) is 0 Å². The maximum absolute atomic E-state index is 11.5. The van der Waals surface area contributed by atoms with E-state index in [1.54, 1.807) is 0 Å². The fraction of sp³-hybridized carbons (Fsp3) is 0.600. The van der Waals surface area contributed by atoms with Crippen LogP contribution in [0.5, 0.6) is 0 Å². The second-order valence-electron chi connectivity index (χ2n) is 3.70. The summed E-state index contributed by atoms with van der Waals surface area (Å²) in [6.45, 7) is 4.21. The highest BCUT2D eigenvalue weighted by atomic mass is 16.2. The summed E-state index contributed by atoms with van der Waals surface area (Å²) < 4.78 is 0. The molecule has 2 unspecified atom stereocenters. The van der Waals surface area contributed by atoms with Crippen molar-refractivity contribution in [3.63, 3.8) is 0 Å². The van der Waals surface area contributed by atoms with Crippen molar-refractivity contribution in [2.24, 2.45) is 17.8 Å². The Hall–Kier alpha value is -1.32. The Morgan fingerprint density at radius 3 is 1.21 bits per heavy atom. The molecule has 0 bridgehead atoms. The van der Waals surface area contributed by atoms with Crippen molar-refractivity contribution in [2.45, 2.75) is 20.8 Å². The van der Waals surface area contributed by atoms with Gasteiger partial charge < -0.3 is 0 Å². The summed E-state index contributed by atoms with van der Waals surface area (Å²) in [5, 5.41) is 0. The van der Waals surface area contributed by atoms with Crippen LogP contribution in [0.15, 0.2) is 0 Å². The van der Waals surface area contributed by atoms with Gasteiger partial charge in [0.1, 0.15) is 0 Å². The first-order valence-corrected chi connectivity index (χ1v) is 4.53. The zero-order chi connectivity index (χ0) is 11.0. The first-order chi connectivity index (χ1) is 6.37. The van der Waals surface area contributed by atoms with Gasteiger partial charge in [-0.15, -0.1) is 0 Å². The Balaban J connectivity index is 3.18. The van der Waals surface area contributed by atoms with Gasteiger partial charge in [-0.05, 0) is 20.8 Å². The predicted molar refractivity (Wildman–Crippen MR) is 47.5 cm³/mol. The van der Waals surface area contributed by atoms with Crippen molar-refractivity contribution in [1.82, 2.24) is 0 Å². The topological polar surface area (TPSA) is 68.3 Å². The highest BCUT2D eigenvalue weighted by molar-refractivity contribution is 6.47. The minimum atomic E-state index is -0.966. The molecule has 0 amide bonds. The Morgan fingerprint density at radius 2 is 0.929 bits per heavy atom. The van der Waals surface area contributed by atoms with Crippen LogP contribution in [0, 0.1) is 17.8 Å². The molecule has 0 heterocycles.